The van der Waals surface area contributed by atoms with Crippen LogP contribution in [0.1, 0.15) is 56.6 Å². The van der Waals surface area contributed by atoms with Gasteiger partial charge in [-0.15, -0.1) is 0 Å². The average molecular weight is 243 g/mol. The van der Waals surface area contributed by atoms with E-state index in [0.717, 1.165) is 25.7 Å². The second-order valence-corrected chi connectivity index (χ2v) is 4.75. The van der Waals surface area contributed by atoms with E-state index in [1.54, 1.807) is 0 Å². The van der Waals surface area contributed by atoms with Gasteiger partial charge in [-0.05, 0) is 24.4 Å². The van der Waals surface area contributed by atoms with Crippen LogP contribution in [0.4, 0.5) is 4.39 Å². The predicted molar refractivity (Wildman–Crippen MR) is 62.1 cm³/mol. The highest BCUT2D eigenvalue weighted by Gasteiger charge is 2.19. The third kappa shape index (κ3) is 2.91. The van der Waals surface area contributed by atoms with Crippen LogP contribution in [0.5, 0.6) is 0 Å². The Morgan fingerprint density at radius 1 is 1.12 bits per heavy atom. The Hall–Kier alpha value is -0.700. The van der Waals surface area contributed by atoms with E-state index < -0.39 is 0 Å². The average Bonchev–Trinajstić information content (AvgIpc) is 2.22. The smallest absolute Gasteiger partial charge is 0.222 e. The molecular formula is C12H16ClFN2. The van der Waals surface area contributed by atoms with E-state index in [0.29, 0.717) is 5.69 Å². The van der Waals surface area contributed by atoms with Crippen LogP contribution in [0.25, 0.3) is 0 Å². The van der Waals surface area contributed by atoms with Crippen molar-refractivity contribution in [2.45, 2.75) is 50.9 Å². The summed E-state index contributed by atoms with van der Waals surface area (Å²) in [6.45, 7) is 0. The van der Waals surface area contributed by atoms with Crippen LogP contribution in [-0.2, 0) is 0 Å². The fraction of sp³-hybridized carbons (Fsp3) is 0.667. The van der Waals surface area contributed by atoms with Gasteiger partial charge in [-0.1, -0.05) is 32.1 Å². The van der Waals surface area contributed by atoms with Gasteiger partial charge in [0.2, 0.25) is 5.28 Å². The van der Waals surface area contributed by atoms with Crippen LogP contribution in [0, 0.1) is 5.82 Å². The maximum atomic E-state index is 13.6. The SMILES string of the molecule is Fc1cnc(Cl)nc1C1CCCCCCC1. The van der Waals surface area contributed by atoms with Crippen molar-refractivity contribution in [3.8, 4) is 0 Å². The molecule has 1 aromatic heterocycles. The van der Waals surface area contributed by atoms with E-state index in [1.165, 1.54) is 25.5 Å². The van der Waals surface area contributed by atoms with E-state index in [1.807, 2.05) is 0 Å². The Labute approximate surface area is 100 Å². The number of hydrogen-bond acceptors (Lipinski definition) is 2. The Morgan fingerprint density at radius 2 is 1.75 bits per heavy atom. The van der Waals surface area contributed by atoms with Gasteiger partial charge >= 0.3 is 0 Å². The Balaban J connectivity index is 2.16. The molecule has 1 saturated carbocycles. The molecular weight excluding hydrogens is 227 g/mol. The quantitative estimate of drug-likeness (QED) is 0.693. The lowest BCUT2D eigenvalue weighted by atomic mass is 9.88. The molecule has 1 aliphatic rings. The Bertz CT molecular complexity index is 349. The number of aromatic nitrogens is 2. The summed E-state index contributed by atoms with van der Waals surface area (Å²) >= 11 is 5.72. The molecule has 1 aliphatic carbocycles. The molecule has 0 aliphatic heterocycles. The van der Waals surface area contributed by atoms with Crippen molar-refractivity contribution in [1.29, 1.82) is 0 Å². The van der Waals surface area contributed by atoms with Gasteiger partial charge in [-0.2, -0.15) is 0 Å². The molecule has 0 saturated heterocycles. The number of halogens is 2. The summed E-state index contributed by atoms with van der Waals surface area (Å²) in [4.78, 5) is 7.70. The summed E-state index contributed by atoms with van der Waals surface area (Å²) in [5.41, 5.74) is 0.516. The third-order valence-corrected chi connectivity index (χ3v) is 3.42. The van der Waals surface area contributed by atoms with E-state index in [2.05, 4.69) is 9.97 Å². The van der Waals surface area contributed by atoms with Gasteiger partial charge in [0.15, 0.2) is 5.82 Å². The molecule has 0 amide bonds. The lowest BCUT2D eigenvalue weighted by Gasteiger charge is -2.19. The first-order valence-corrected chi connectivity index (χ1v) is 6.33. The molecule has 0 radical (unpaired) electrons. The molecule has 16 heavy (non-hydrogen) atoms. The van der Waals surface area contributed by atoms with Gasteiger partial charge in [0.25, 0.3) is 0 Å². The molecule has 0 aromatic carbocycles. The third-order valence-electron chi connectivity index (χ3n) is 3.23. The molecule has 0 N–H and O–H groups in total. The molecule has 0 spiro atoms. The molecule has 2 rings (SSSR count). The fourth-order valence-corrected chi connectivity index (χ4v) is 2.51. The molecule has 4 heteroatoms. The van der Waals surface area contributed by atoms with Gasteiger partial charge in [0.05, 0.1) is 11.9 Å². The minimum Gasteiger partial charge on any atom is -0.223 e. The first-order valence-electron chi connectivity index (χ1n) is 5.95. The van der Waals surface area contributed by atoms with Crippen LogP contribution in [-0.4, -0.2) is 9.97 Å². The van der Waals surface area contributed by atoms with Crippen molar-refractivity contribution in [1.82, 2.24) is 9.97 Å². The normalized spacial score (nSPS) is 19.1. The van der Waals surface area contributed by atoms with Crippen LogP contribution in [0.3, 0.4) is 0 Å². The minimum absolute atomic E-state index is 0.151. The van der Waals surface area contributed by atoms with Crippen LogP contribution in [0.15, 0.2) is 6.20 Å². The summed E-state index contributed by atoms with van der Waals surface area (Å²) in [6, 6.07) is 0. The first kappa shape index (κ1) is 11.8. The van der Waals surface area contributed by atoms with Gasteiger partial charge in [-0.3, -0.25) is 0 Å². The minimum atomic E-state index is -0.310. The van der Waals surface area contributed by atoms with Crippen molar-refractivity contribution in [2.24, 2.45) is 0 Å². The van der Waals surface area contributed by atoms with Crippen LogP contribution in [0.2, 0.25) is 5.28 Å². The summed E-state index contributed by atoms with van der Waals surface area (Å²) in [7, 11) is 0. The van der Waals surface area contributed by atoms with E-state index in [4.69, 9.17) is 11.6 Å². The largest absolute Gasteiger partial charge is 0.223 e. The fourth-order valence-electron chi connectivity index (χ4n) is 2.37. The molecule has 2 nitrogen and oxygen atoms in total. The highest BCUT2D eigenvalue weighted by molar-refractivity contribution is 6.28. The maximum absolute atomic E-state index is 13.6. The van der Waals surface area contributed by atoms with Gasteiger partial charge in [-0.25, -0.2) is 14.4 Å². The second-order valence-electron chi connectivity index (χ2n) is 4.41. The van der Waals surface area contributed by atoms with Gasteiger partial charge in [0, 0.05) is 5.92 Å². The Morgan fingerprint density at radius 3 is 2.44 bits per heavy atom. The maximum Gasteiger partial charge on any atom is 0.222 e. The van der Waals surface area contributed by atoms with Gasteiger partial charge < -0.3 is 0 Å². The molecule has 1 heterocycles. The van der Waals surface area contributed by atoms with Gasteiger partial charge in [0.1, 0.15) is 0 Å². The first-order chi connectivity index (χ1) is 7.77. The lowest BCUT2D eigenvalue weighted by Crippen LogP contribution is -2.08. The topological polar surface area (TPSA) is 25.8 Å². The highest BCUT2D eigenvalue weighted by atomic mass is 35.5. The lowest BCUT2D eigenvalue weighted by molar-refractivity contribution is 0.433. The van der Waals surface area contributed by atoms with E-state index >= 15 is 0 Å². The zero-order valence-electron chi connectivity index (χ0n) is 9.25. The summed E-state index contributed by atoms with van der Waals surface area (Å²) in [6.07, 6.45) is 9.34. The highest BCUT2D eigenvalue weighted by Crippen LogP contribution is 2.31. The van der Waals surface area contributed by atoms with Crippen molar-refractivity contribution in [3.05, 3.63) is 23.0 Å². The number of hydrogen-bond donors (Lipinski definition) is 0. The molecule has 0 atom stereocenters. The second kappa shape index (κ2) is 5.58. The van der Waals surface area contributed by atoms with Crippen molar-refractivity contribution in [2.75, 3.05) is 0 Å². The van der Waals surface area contributed by atoms with Crippen molar-refractivity contribution < 1.29 is 4.39 Å². The molecule has 88 valence electrons. The predicted octanol–water partition coefficient (Wildman–Crippen LogP) is 4.10. The van der Waals surface area contributed by atoms with Crippen LogP contribution >= 0.6 is 11.6 Å². The molecule has 0 bridgehead atoms. The number of nitrogens with zero attached hydrogens (tertiary/aromatic N) is 2. The molecule has 1 aromatic rings. The summed E-state index contributed by atoms with van der Waals surface area (Å²) in [5.74, 6) is -0.0872. The summed E-state index contributed by atoms with van der Waals surface area (Å²) < 4.78 is 13.6. The zero-order chi connectivity index (χ0) is 11.4. The van der Waals surface area contributed by atoms with Crippen molar-refractivity contribution in [3.63, 3.8) is 0 Å². The number of rotatable bonds is 1. The Kier molecular flexibility index (Phi) is 4.10. The monoisotopic (exact) mass is 242 g/mol. The zero-order valence-corrected chi connectivity index (χ0v) is 10.0. The standard InChI is InChI=1S/C12H16ClFN2/c13-12-15-8-10(14)11(16-12)9-6-4-2-1-3-5-7-9/h8-9H,1-7H2. The van der Waals surface area contributed by atoms with E-state index in [9.17, 15) is 4.39 Å². The molecule has 0 unspecified atom stereocenters. The van der Waals surface area contributed by atoms with Crippen molar-refractivity contribution >= 4 is 11.6 Å². The van der Waals surface area contributed by atoms with Crippen LogP contribution < -0.4 is 0 Å². The van der Waals surface area contributed by atoms with E-state index in [-0.39, 0.29) is 17.0 Å². The summed E-state index contributed by atoms with van der Waals surface area (Å²) in [5, 5.41) is 0.151. The molecule has 1 fully saturated rings.